The molecule has 102 valence electrons. The van der Waals surface area contributed by atoms with Crippen LogP contribution in [-0.4, -0.2) is 20.3 Å². The minimum atomic E-state index is -0.484. The van der Waals surface area contributed by atoms with Crippen LogP contribution < -0.4 is 5.76 Å². The molecule has 2 N–H and O–H groups in total. The Hall–Kier alpha value is -1.85. The van der Waals surface area contributed by atoms with Gasteiger partial charge < -0.3 is 0 Å². The Balaban J connectivity index is 0.000000283. The number of hydrogen-bond donors (Lipinski definition) is 2. The first-order valence-electron chi connectivity index (χ1n) is 6.17. The molecule has 0 radical (unpaired) electrons. The van der Waals surface area contributed by atoms with E-state index < -0.39 is 5.76 Å². The highest BCUT2D eigenvalue weighted by Crippen LogP contribution is 2.09. The number of H-pyrrole nitrogens is 2. The Morgan fingerprint density at radius 2 is 2.06 bits per heavy atom. The summed E-state index contributed by atoms with van der Waals surface area (Å²) in [6, 6.07) is 0. The van der Waals surface area contributed by atoms with Gasteiger partial charge in [0, 0.05) is 12.6 Å². The summed E-state index contributed by atoms with van der Waals surface area (Å²) in [6.07, 6.45) is 4.47. The molecular formula is C12H22N4O2. The van der Waals surface area contributed by atoms with Crippen molar-refractivity contribution in [3.05, 3.63) is 34.3 Å². The van der Waals surface area contributed by atoms with Crippen LogP contribution in [0.2, 0.25) is 0 Å². The SMILES string of the molecule is CC.CC(C)c1cn[nH]c1.CCc1noc(=O)[nH]1. The molecule has 0 bridgehead atoms. The van der Waals surface area contributed by atoms with Crippen LogP contribution >= 0.6 is 0 Å². The molecule has 18 heavy (non-hydrogen) atoms. The van der Waals surface area contributed by atoms with Crippen molar-refractivity contribution >= 4 is 0 Å². The topological polar surface area (TPSA) is 87.6 Å². The van der Waals surface area contributed by atoms with Gasteiger partial charge in [-0.1, -0.05) is 39.8 Å². The van der Waals surface area contributed by atoms with Gasteiger partial charge in [0.2, 0.25) is 0 Å². The monoisotopic (exact) mass is 254 g/mol. The van der Waals surface area contributed by atoms with E-state index in [4.69, 9.17) is 0 Å². The van der Waals surface area contributed by atoms with E-state index in [0.29, 0.717) is 18.2 Å². The maximum Gasteiger partial charge on any atom is 0.438 e. The van der Waals surface area contributed by atoms with Crippen molar-refractivity contribution < 1.29 is 4.52 Å². The van der Waals surface area contributed by atoms with Gasteiger partial charge in [0.25, 0.3) is 0 Å². The van der Waals surface area contributed by atoms with E-state index in [1.807, 2.05) is 33.2 Å². The molecule has 0 aliphatic rings. The molecule has 0 amide bonds. The standard InChI is InChI=1S/C6H10N2.C4H6N2O2.C2H6/c1-5(2)6-3-7-8-4-6;1-2-3-5-4(7)8-6-3;1-2/h3-5H,1-2H3,(H,7,8);2H2,1H3,(H,5,6,7);1-2H3. The summed E-state index contributed by atoms with van der Waals surface area (Å²) < 4.78 is 4.19. The van der Waals surface area contributed by atoms with Gasteiger partial charge >= 0.3 is 5.76 Å². The Kier molecular flexibility index (Phi) is 8.26. The van der Waals surface area contributed by atoms with E-state index in [9.17, 15) is 4.79 Å². The van der Waals surface area contributed by atoms with E-state index in [0.717, 1.165) is 0 Å². The average Bonchev–Trinajstić information content (AvgIpc) is 3.03. The molecule has 2 aromatic rings. The van der Waals surface area contributed by atoms with Crippen LogP contribution in [0.25, 0.3) is 0 Å². The fourth-order valence-corrected chi connectivity index (χ4v) is 0.990. The minimum Gasteiger partial charge on any atom is -0.296 e. The average molecular weight is 254 g/mol. The summed E-state index contributed by atoms with van der Waals surface area (Å²) in [5.41, 5.74) is 1.27. The molecule has 6 nitrogen and oxygen atoms in total. The van der Waals surface area contributed by atoms with Crippen LogP contribution in [0.3, 0.4) is 0 Å². The number of aromatic amines is 2. The van der Waals surface area contributed by atoms with Gasteiger partial charge in [-0.15, -0.1) is 0 Å². The highest BCUT2D eigenvalue weighted by molar-refractivity contribution is 5.06. The van der Waals surface area contributed by atoms with Crippen LogP contribution in [0, 0.1) is 0 Å². The second-order valence-corrected chi connectivity index (χ2v) is 3.58. The second-order valence-electron chi connectivity index (χ2n) is 3.58. The molecule has 0 spiro atoms. The smallest absolute Gasteiger partial charge is 0.296 e. The van der Waals surface area contributed by atoms with Gasteiger partial charge in [-0.3, -0.25) is 14.6 Å². The fraction of sp³-hybridized carbons (Fsp3) is 0.583. The van der Waals surface area contributed by atoms with Crippen LogP contribution in [0.5, 0.6) is 0 Å². The third kappa shape index (κ3) is 6.03. The molecular weight excluding hydrogens is 232 g/mol. The van der Waals surface area contributed by atoms with Gasteiger partial charge in [-0.2, -0.15) is 5.10 Å². The van der Waals surface area contributed by atoms with Crippen LogP contribution in [0.1, 0.15) is 51.9 Å². The maximum atomic E-state index is 10.2. The molecule has 0 aliphatic carbocycles. The highest BCUT2D eigenvalue weighted by atomic mass is 16.5. The fourth-order valence-electron chi connectivity index (χ4n) is 0.990. The first kappa shape index (κ1) is 16.1. The van der Waals surface area contributed by atoms with Crippen LogP contribution in [0.4, 0.5) is 0 Å². The summed E-state index contributed by atoms with van der Waals surface area (Å²) in [7, 11) is 0. The molecule has 0 aromatic carbocycles. The largest absolute Gasteiger partial charge is 0.438 e. The molecule has 2 aromatic heterocycles. The molecule has 0 atom stereocenters. The predicted molar refractivity (Wildman–Crippen MR) is 70.5 cm³/mol. The number of hydrogen-bond acceptors (Lipinski definition) is 4. The van der Waals surface area contributed by atoms with Gasteiger partial charge in [-0.05, 0) is 11.5 Å². The van der Waals surface area contributed by atoms with Crippen molar-refractivity contribution in [2.75, 3.05) is 0 Å². The van der Waals surface area contributed by atoms with Gasteiger partial charge in [0.05, 0.1) is 6.20 Å². The van der Waals surface area contributed by atoms with E-state index >= 15 is 0 Å². The van der Waals surface area contributed by atoms with Crippen LogP contribution in [-0.2, 0) is 6.42 Å². The molecule has 0 unspecified atom stereocenters. The summed E-state index contributed by atoms with van der Waals surface area (Å²) >= 11 is 0. The first-order chi connectivity index (χ1) is 8.63. The molecule has 6 heteroatoms. The Morgan fingerprint density at radius 3 is 2.28 bits per heavy atom. The molecule has 2 heterocycles. The molecule has 2 rings (SSSR count). The van der Waals surface area contributed by atoms with Crippen molar-refractivity contribution in [3.63, 3.8) is 0 Å². The van der Waals surface area contributed by atoms with Crippen molar-refractivity contribution in [1.29, 1.82) is 0 Å². The van der Waals surface area contributed by atoms with Crippen molar-refractivity contribution in [3.8, 4) is 0 Å². The summed E-state index contributed by atoms with van der Waals surface area (Å²) in [5.74, 6) is 0.700. The lowest BCUT2D eigenvalue weighted by atomic mass is 10.1. The number of aryl methyl sites for hydroxylation is 1. The Labute approximate surface area is 107 Å². The third-order valence-electron chi connectivity index (χ3n) is 2.01. The molecule has 0 saturated heterocycles. The van der Waals surface area contributed by atoms with Crippen molar-refractivity contribution in [2.45, 2.75) is 47.0 Å². The zero-order valence-corrected chi connectivity index (χ0v) is 11.7. The van der Waals surface area contributed by atoms with Gasteiger partial charge in [-0.25, -0.2) is 4.79 Å². The van der Waals surface area contributed by atoms with Crippen LogP contribution in [0.15, 0.2) is 21.7 Å². The zero-order chi connectivity index (χ0) is 14.0. The predicted octanol–water partition coefficient (Wildman–Crippen LogP) is 2.48. The summed E-state index contributed by atoms with van der Waals surface area (Å²) in [6.45, 7) is 10.2. The number of nitrogens with one attached hydrogen (secondary N) is 2. The van der Waals surface area contributed by atoms with Crippen molar-refractivity contribution in [1.82, 2.24) is 20.3 Å². The lowest BCUT2D eigenvalue weighted by Gasteiger charge is -1.94. The van der Waals surface area contributed by atoms with E-state index in [2.05, 4.69) is 38.7 Å². The highest BCUT2D eigenvalue weighted by Gasteiger charge is 1.96. The van der Waals surface area contributed by atoms with E-state index in [1.54, 1.807) is 0 Å². The third-order valence-corrected chi connectivity index (χ3v) is 2.01. The molecule has 0 aliphatic heterocycles. The Bertz CT molecular complexity index is 443. The van der Waals surface area contributed by atoms with Crippen molar-refractivity contribution in [2.24, 2.45) is 0 Å². The summed E-state index contributed by atoms with van der Waals surface area (Å²) in [5, 5.41) is 9.97. The summed E-state index contributed by atoms with van der Waals surface area (Å²) in [4.78, 5) is 12.6. The lowest BCUT2D eigenvalue weighted by molar-refractivity contribution is 0.381. The lowest BCUT2D eigenvalue weighted by Crippen LogP contribution is -1.95. The number of nitrogens with zero attached hydrogens (tertiary/aromatic N) is 2. The normalized spacial score (nSPS) is 9.22. The Morgan fingerprint density at radius 1 is 1.39 bits per heavy atom. The first-order valence-corrected chi connectivity index (χ1v) is 6.17. The quantitative estimate of drug-likeness (QED) is 0.861. The molecule has 0 fully saturated rings. The van der Waals surface area contributed by atoms with E-state index in [-0.39, 0.29) is 0 Å². The minimum absolute atomic E-state index is 0.484. The number of rotatable bonds is 2. The second kappa shape index (κ2) is 9.21. The zero-order valence-electron chi connectivity index (χ0n) is 11.7. The number of aromatic nitrogens is 4. The van der Waals surface area contributed by atoms with Gasteiger partial charge in [0.1, 0.15) is 0 Å². The maximum absolute atomic E-state index is 10.2. The molecule has 0 saturated carbocycles. The van der Waals surface area contributed by atoms with E-state index in [1.165, 1.54) is 5.56 Å². The van der Waals surface area contributed by atoms with Gasteiger partial charge in [0.15, 0.2) is 5.82 Å².